The average molecular weight is 156 g/mol. The molecule has 1 nitrogen and oxygen atoms in total. The van der Waals surface area contributed by atoms with E-state index in [0.717, 1.165) is 5.92 Å². The van der Waals surface area contributed by atoms with E-state index in [2.05, 4.69) is 34.9 Å². The first-order valence-corrected chi connectivity index (χ1v) is 4.68. The maximum absolute atomic E-state index is 2.39. The summed E-state index contributed by atoms with van der Waals surface area (Å²) in [7, 11) is 4.71. The molecule has 1 unspecified atom stereocenters. The zero-order valence-corrected chi connectivity index (χ0v) is 8.65. The van der Waals surface area contributed by atoms with Crippen LogP contribution in [0.15, 0.2) is 0 Å². The molecule has 66 valence electrons. The van der Waals surface area contributed by atoms with E-state index in [1.54, 1.807) is 0 Å². The standard InChI is InChI=1S/C10H22N/c1-9-6-7-10(2,3)11(4,5)8-9/h9H,6-8H2,1-5H3/q+1. The van der Waals surface area contributed by atoms with E-state index < -0.39 is 0 Å². The molecular formula is C10H22N+. The second kappa shape index (κ2) is 2.48. The minimum absolute atomic E-state index is 0.493. The van der Waals surface area contributed by atoms with Crippen LogP contribution in [0.4, 0.5) is 0 Å². The first-order valence-electron chi connectivity index (χ1n) is 4.68. The molecule has 1 atom stereocenters. The van der Waals surface area contributed by atoms with Crippen LogP contribution in [0.2, 0.25) is 0 Å². The number of nitrogens with zero attached hydrogens (tertiary/aromatic N) is 1. The lowest BCUT2D eigenvalue weighted by molar-refractivity contribution is -0.946. The first kappa shape index (κ1) is 9.05. The van der Waals surface area contributed by atoms with Crippen molar-refractivity contribution in [2.24, 2.45) is 5.92 Å². The fourth-order valence-corrected chi connectivity index (χ4v) is 2.02. The Hall–Kier alpha value is -0.0400. The summed E-state index contributed by atoms with van der Waals surface area (Å²) in [5.41, 5.74) is 0.493. The lowest BCUT2D eigenvalue weighted by atomic mass is 9.84. The van der Waals surface area contributed by atoms with Crippen LogP contribution in [0.5, 0.6) is 0 Å². The zero-order valence-electron chi connectivity index (χ0n) is 8.65. The molecule has 1 rings (SSSR count). The van der Waals surface area contributed by atoms with Crippen molar-refractivity contribution in [3.63, 3.8) is 0 Å². The highest BCUT2D eigenvalue weighted by Gasteiger charge is 2.41. The fourth-order valence-electron chi connectivity index (χ4n) is 2.02. The molecule has 1 fully saturated rings. The maximum Gasteiger partial charge on any atom is 0.0931 e. The van der Waals surface area contributed by atoms with E-state index in [1.165, 1.54) is 23.9 Å². The molecule has 0 aromatic carbocycles. The van der Waals surface area contributed by atoms with Crippen LogP contribution in [0.1, 0.15) is 33.6 Å². The molecule has 0 bridgehead atoms. The maximum atomic E-state index is 2.39. The Bertz CT molecular complexity index is 147. The fraction of sp³-hybridized carbons (Fsp3) is 1.00. The lowest BCUT2D eigenvalue weighted by Gasteiger charge is -2.50. The summed E-state index contributed by atoms with van der Waals surface area (Å²) < 4.78 is 1.19. The summed E-state index contributed by atoms with van der Waals surface area (Å²) in [6.07, 6.45) is 2.79. The quantitative estimate of drug-likeness (QED) is 0.472. The van der Waals surface area contributed by atoms with Gasteiger partial charge in [-0.25, -0.2) is 0 Å². The Morgan fingerprint density at radius 3 is 2.18 bits per heavy atom. The van der Waals surface area contributed by atoms with Gasteiger partial charge in [-0.1, -0.05) is 6.92 Å². The predicted octanol–water partition coefficient (Wildman–Crippen LogP) is 2.27. The molecule has 1 heteroatoms. The Morgan fingerprint density at radius 2 is 1.82 bits per heavy atom. The summed E-state index contributed by atoms with van der Waals surface area (Å²) in [6, 6.07) is 0. The molecule has 0 amide bonds. The van der Waals surface area contributed by atoms with Gasteiger partial charge in [0.2, 0.25) is 0 Å². The van der Waals surface area contributed by atoms with E-state index in [4.69, 9.17) is 0 Å². The van der Waals surface area contributed by atoms with Crippen molar-refractivity contribution in [3.05, 3.63) is 0 Å². The van der Waals surface area contributed by atoms with Gasteiger partial charge in [0, 0.05) is 12.3 Å². The molecular weight excluding hydrogens is 134 g/mol. The highest BCUT2D eigenvalue weighted by Crippen LogP contribution is 2.33. The molecule has 0 aromatic heterocycles. The van der Waals surface area contributed by atoms with E-state index in [1.807, 2.05) is 0 Å². The summed E-state index contributed by atoms with van der Waals surface area (Å²) in [6.45, 7) is 8.49. The zero-order chi connectivity index (χ0) is 8.70. The van der Waals surface area contributed by atoms with Crippen molar-refractivity contribution in [1.82, 2.24) is 0 Å². The van der Waals surface area contributed by atoms with Gasteiger partial charge in [-0.3, -0.25) is 0 Å². The summed E-state index contributed by atoms with van der Waals surface area (Å²) in [5.74, 6) is 0.915. The second-order valence-corrected chi connectivity index (χ2v) is 5.32. The number of hydrogen-bond donors (Lipinski definition) is 0. The van der Waals surface area contributed by atoms with Crippen molar-refractivity contribution in [2.45, 2.75) is 39.2 Å². The van der Waals surface area contributed by atoms with Crippen LogP contribution in [-0.2, 0) is 0 Å². The molecule has 0 saturated carbocycles. The Kier molecular flexibility index (Phi) is 2.04. The number of rotatable bonds is 0. The first-order chi connectivity index (χ1) is 4.85. The summed E-state index contributed by atoms with van der Waals surface area (Å²) in [4.78, 5) is 0. The minimum Gasteiger partial charge on any atom is -0.324 e. The molecule has 0 radical (unpaired) electrons. The Morgan fingerprint density at radius 1 is 1.27 bits per heavy atom. The van der Waals surface area contributed by atoms with Gasteiger partial charge in [0.1, 0.15) is 0 Å². The molecule has 1 aliphatic heterocycles. The third-order valence-electron chi connectivity index (χ3n) is 3.66. The molecule has 1 aliphatic rings. The molecule has 0 aliphatic carbocycles. The highest BCUT2D eigenvalue weighted by atomic mass is 15.4. The van der Waals surface area contributed by atoms with Gasteiger partial charge >= 0.3 is 0 Å². The van der Waals surface area contributed by atoms with Gasteiger partial charge in [0.15, 0.2) is 0 Å². The average Bonchev–Trinajstić information content (AvgIpc) is 1.80. The number of piperidine rings is 1. The molecule has 0 N–H and O–H groups in total. The van der Waals surface area contributed by atoms with Crippen molar-refractivity contribution >= 4 is 0 Å². The monoisotopic (exact) mass is 156 g/mol. The summed E-state index contributed by atoms with van der Waals surface area (Å²) >= 11 is 0. The molecule has 11 heavy (non-hydrogen) atoms. The Labute approximate surface area is 71.0 Å². The van der Waals surface area contributed by atoms with E-state index in [9.17, 15) is 0 Å². The third-order valence-corrected chi connectivity index (χ3v) is 3.66. The van der Waals surface area contributed by atoms with Crippen LogP contribution in [0.25, 0.3) is 0 Å². The second-order valence-electron chi connectivity index (χ2n) is 5.32. The van der Waals surface area contributed by atoms with Gasteiger partial charge in [0.05, 0.1) is 26.2 Å². The normalized spacial score (nSPS) is 35.2. The van der Waals surface area contributed by atoms with Crippen molar-refractivity contribution in [1.29, 1.82) is 0 Å². The number of likely N-dealkylation sites (tertiary alicyclic amines) is 1. The van der Waals surface area contributed by atoms with Gasteiger partial charge in [-0.2, -0.15) is 0 Å². The van der Waals surface area contributed by atoms with Crippen LogP contribution < -0.4 is 0 Å². The van der Waals surface area contributed by atoms with Crippen LogP contribution in [0.3, 0.4) is 0 Å². The largest absolute Gasteiger partial charge is 0.324 e. The predicted molar refractivity (Wildman–Crippen MR) is 49.5 cm³/mol. The van der Waals surface area contributed by atoms with Crippen molar-refractivity contribution in [3.8, 4) is 0 Å². The third kappa shape index (κ3) is 1.58. The lowest BCUT2D eigenvalue weighted by Crippen LogP contribution is -2.60. The Balaban J connectivity index is 2.72. The van der Waals surface area contributed by atoms with Crippen LogP contribution >= 0.6 is 0 Å². The molecule has 0 spiro atoms. The van der Waals surface area contributed by atoms with E-state index in [0.29, 0.717) is 5.54 Å². The van der Waals surface area contributed by atoms with Crippen molar-refractivity contribution < 1.29 is 4.48 Å². The van der Waals surface area contributed by atoms with E-state index in [-0.39, 0.29) is 0 Å². The van der Waals surface area contributed by atoms with Gasteiger partial charge in [-0.15, -0.1) is 0 Å². The molecule has 1 saturated heterocycles. The minimum atomic E-state index is 0.493. The topological polar surface area (TPSA) is 0 Å². The molecule has 1 heterocycles. The van der Waals surface area contributed by atoms with Crippen LogP contribution in [0, 0.1) is 5.92 Å². The van der Waals surface area contributed by atoms with Crippen molar-refractivity contribution in [2.75, 3.05) is 20.6 Å². The number of quaternary nitrogens is 1. The molecule has 0 aromatic rings. The highest BCUT2D eigenvalue weighted by molar-refractivity contribution is 4.75. The van der Waals surface area contributed by atoms with Gasteiger partial charge < -0.3 is 4.48 Å². The SMILES string of the molecule is CC1CCC(C)(C)[N+](C)(C)C1. The summed E-state index contributed by atoms with van der Waals surface area (Å²) in [5, 5.41) is 0. The van der Waals surface area contributed by atoms with E-state index >= 15 is 0 Å². The van der Waals surface area contributed by atoms with Gasteiger partial charge in [0.25, 0.3) is 0 Å². The van der Waals surface area contributed by atoms with Gasteiger partial charge in [-0.05, 0) is 20.3 Å². The smallest absolute Gasteiger partial charge is 0.0931 e. The number of hydrogen-bond acceptors (Lipinski definition) is 0. The van der Waals surface area contributed by atoms with Crippen LogP contribution in [-0.4, -0.2) is 30.7 Å².